The Balaban J connectivity index is 0.00000242. The van der Waals surface area contributed by atoms with Crippen molar-refractivity contribution < 1.29 is 14.3 Å². The highest BCUT2D eigenvalue weighted by Crippen LogP contribution is 2.12. The molecule has 1 unspecified atom stereocenters. The number of hydrogen-bond acceptors (Lipinski definition) is 4. The molecule has 1 heterocycles. The molecule has 0 spiro atoms. The Morgan fingerprint density at radius 3 is 3.00 bits per heavy atom. The van der Waals surface area contributed by atoms with E-state index in [4.69, 9.17) is 9.47 Å². The van der Waals surface area contributed by atoms with Crippen LogP contribution in [0.1, 0.15) is 19.4 Å². The summed E-state index contributed by atoms with van der Waals surface area (Å²) in [6, 6.07) is 7.52. The molecule has 5 nitrogen and oxygen atoms in total. The van der Waals surface area contributed by atoms with Crippen LogP contribution in [0.5, 0.6) is 5.75 Å². The lowest BCUT2D eigenvalue weighted by atomic mass is 10.1. The predicted molar refractivity (Wildman–Crippen MR) is 88.7 cm³/mol. The second-order valence-corrected chi connectivity index (χ2v) is 5.54. The molecule has 0 aliphatic carbocycles. The minimum absolute atomic E-state index is 0. The molecule has 22 heavy (non-hydrogen) atoms. The van der Waals surface area contributed by atoms with Gasteiger partial charge in [0.05, 0.1) is 18.8 Å². The van der Waals surface area contributed by atoms with Crippen molar-refractivity contribution >= 4 is 18.3 Å². The average molecular weight is 329 g/mol. The molecular weight excluding hydrogens is 304 g/mol. The quantitative estimate of drug-likeness (QED) is 0.863. The monoisotopic (exact) mass is 328 g/mol. The van der Waals surface area contributed by atoms with E-state index in [0.717, 1.165) is 11.3 Å². The summed E-state index contributed by atoms with van der Waals surface area (Å²) in [6.07, 6.45) is -0.108. The van der Waals surface area contributed by atoms with Gasteiger partial charge in [0.25, 0.3) is 0 Å². The number of hydrogen-bond donors (Lipinski definition) is 2. The van der Waals surface area contributed by atoms with Gasteiger partial charge in [-0.25, -0.2) is 0 Å². The second-order valence-electron chi connectivity index (χ2n) is 5.54. The van der Waals surface area contributed by atoms with Gasteiger partial charge in [-0.3, -0.25) is 4.79 Å². The predicted octanol–water partition coefficient (Wildman–Crippen LogP) is 1.68. The third-order valence-electron chi connectivity index (χ3n) is 3.48. The van der Waals surface area contributed by atoms with E-state index in [-0.39, 0.29) is 36.5 Å². The number of amides is 1. The van der Waals surface area contributed by atoms with Crippen molar-refractivity contribution in [1.82, 2.24) is 10.6 Å². The van der Waals surface area contributed by atoms with Gasteiger partial charge in [-0.15, -0.1) is 12.4 Å². The molecule has 2 N–H and O–H groups in total. The molecule has 6 heteroatoms. The third-order valence-corrected chi connectivity index (χ3v) is 3.48. The van der Waals surface area contributed by atoms with Gasteiger partial charge in [0.15, 0.2) is 0 Å². The Morgan fingerprint density at radius 1 is 1.55 bits per heavy atom. The summed E-state index contributed by atoms with van der Waals surface area (Å²) in [7, 11) is 0. The number of halogens is 1. The number of aryl methyl sites for hydroxylation is 1. The molecule has 0 aromatic heterocycles. The topological polar surface area (TPSA) is 59.6 Å². The van der Waals surface area contributed by atoms with Gasteiger partial charge in [-0.2, -0.15) is 0 Å². The van der Waals surface area contributed by atoms with Crippen molar-refractivity contribution in [2.75, 3.05) is 19.8 Å². The second kappa shape index (κ2) is 8.98. The van der Waals surface area contributed by atoms with E-state index in [0.29, 0.717) is 19.8 Å². The summed E-state index contributed by atoms with van der Waals surface area (Å²) >= 11 is 0. The first kappa shape index (κ1) is 18.7. The molecule has 1 aliphatic heterocycles. The number of rotatable bonds is 5. The maximum atomic E-state index is 12.2. The number of benzene rings is 1. The van der Waals surface area contributed by atoms with Crippen molar-refractivity contribution in [3.05, 3.63) is 29.8 Å². The van der Waals surface area contributed by atoms with Crippen LogP contribution in [0.2, 0.25) is 0 Å². The lowest BCUT2D eigenvalue weighted by Gasteiger charge is -2.30. The van der Waals surface area contributed by atoms with Crippen LogP contribution in [0, 0.1) is 6.92 Å². The van der Waals surface area contributed by atoms with Crippen molar-refractivity contribution in [3.63, 3.8) is 0 Å². The zero-order chi connectivity index (χ0) is 15.2. The number of nitrogens with one attached hydrogen (secondary N) is 2. The summed E-state index contributed by atoms with van der Waals surface area (Å²) < 4.78 is 11.2. The van der Waals surface area contributed by atoms with Gasteiger partial charge in [0.1, 0.15) is 18.4 Å². The SMILES string of the molecule is Cc1cccc(OCC(C)NC(=O)[C@H]2NCCO[C@@H]2C)c1.Cl. The highest BCUT2D eigenvalue weighted by atomic mass is 35.5. The summed E-state index contributed by atoms with van der Waals surface area (Å²) in [5.41, 5.74) is 1.15. The Morgan fingerprint density at radius 2 is 2.32 bits per heavy atom. The summed E-state index contributed by atoms with van der Waals surface area (Å²) in [5.74, 6) is 0.783. The van der Waals surface area contributed by atoms with Gasteiger partial charge < -0.3 is 20.1 Å². The molecular formula is C16H25ClN2O3. The van der Waals surface area contributed by atoms with Crippen LogP contribution in [0.3, 0.4) is 0 Å². The average Bonchev–Trinajstić information content (AvgIpc) is 2.45. The maximum absolute atomic E-state index is 12.2. The van der Waals surface area contributed by atoms with E-state index in [9.17, 15) is 4.79 Å². The first-order chi connectivity index (χ1) is 10.1. The molecule has 1 aliphatic rings. The minimum Gasteiger partial charge on any atom is -0.491 e. The smallest absolute Gasteiger partial charge is 0.240 e. The molecule has 1 amide bonds. The van der Waals surface area contributed by atoms with Gasteiger partial charge in [-0.1, -0.05) is 12.1 Å². The zero-order valence-corrected chi connectivity index (χ0v) is 14.1. The summed E-state index contributed by atoms with van der Waals surface area (Å²) in [5, 5.41) is 6.14. The van der Waals surface area contributed by atoms with E-state index in [2.05, 4.69) is 10.6 Å². The lowest BCUT2D eigenvalue weighted by Crippen LogP contribution is -2.57. The minimum atomic E-state index is -0.292. The van der Waals surface area contributed by atoms with Crippen LogP contribution in [0.25, 0.3) is 0 Å². The van der Waals surface area contributed by atoms with Crippen molar-refractivity contribution in [2.45, 2.75) is 39.0 Å². The van der Waals surface area contributed by atoms with Crippen LogP contribution >= 0.6 is 12.4 Å². The number of morpholine rings is 1. The fraction of sp³-hybridized carbons (Fsp3) is 0.562. The van der Waals surface area contributed by atoms with Crippen LogP contribution in [-0.4, -0.2) is 43.9 Å². The molecule has 2 rings (SSSR count). The normalized spacial score (nSPS) is 22.3. The van der Waals surface area contributed by atoms with Crippen molar-refractivity contribution in [3.8, 4) is 5.75 Å². The third kappa shape index (κ3) is 5.48. The van der Waals surface area contributed by atoms with Crippen LogP contribution in [0.4, 0.5) is 0 Å². The highest BCUT2D eigenvalue weighted by Gasteiger charge is 2.28. The van der Waals surface area contributed by atoms with Crippen LogP contribution in [0.15, 0.2) is 24.3 Å². The Kier molecular flexibility index (Phi) is 7.65. The fourth-order valence-corrected chi connectivity index (χ4v) is 2.33. The maximum Gasteiger partial charge on any atom is 0.240 e. The largest absolute Gasteiger partial charge is 0.491 e. The Hall–Kier alpha value is -1.30. The lowest BCUT2D eigenvalue weighted by molar-refractivity contribution is -0.129. The molecule has 1 saturated heterocycles. The van der Waals surface area contributed by atoms with Gasteiger partial charge >= 0.3 is 0 Å². The van der Waals surface area contributed by atoms with E-state index in [1.54, 1.807) is 0 Å². The van der Waals surface area contributed by atoms with Gasteiger partial charge in [0, 0.05) is 6.54 Å². The van der Waals surface area contributed by atoms with Gasteiger partial charge in [-0.05, 0) is 38.5 Å². The van der Waals surface area contributed by atoms with Crippen molar-refractivity contribution in [1.29, 1.82) is 0 Å². The molecule has 0 bridgehead atoms. The highest BCUT2D eigenvalue weighted by molar-refractivity contribution is 5.85. The molecule has 3 atom stereocenters. The first-order valence-corrected chi connectivity index (χ1v) is 7.41. The van der Waals surface area contributed by atoms with Crippen LogP contribution < -0.4 is 15.4 Å². The van der Waals surface area contributed by atoms with Crippen LogP contribution in [-0.2, 0) is 9.53 Å². The Bertz CT molecular complexity index is 484. The van der Waals surface area contributed by atoms with Crippen molar-refractivity contribution in [2.24, 2.45) is 0 Å². The fourth-order valence-electron chi connectivity index (χ4n) is 2.33. The number of ether oxygens (including phenoxy) is 2. The Labute approximate surface area is 138 Å². The molecule has 0 radical (unpaired) electrons. The molecule has 1 aromatic carbocycles. The van der Waals surface area contributed by atoms with E-state index < -0.39 is 0 Å². The van der Waals surface area contributed by atoms with E-state index in [1.165, 1.54) is 0 Å². The molecule has 1 aromatic rings. The van der Waals surface area contributed by atoms with Gasteiger partial charge in [0.2, 0.25) is 5.91 Å². The molecule has 1 fully saturated rings. The zero-order valence-electron chi connectivity index (χ0n) is 13.3. The summed E-state index contributed by atoms with van der Waals surface area (Å²) in [4.78, 5) is 12.2. The number of carbonyl (C=O) groups is 1. The van der Waals surface area contributed by atoms with E-state index >= 15 is 0 Å². The molecule has 0 saturated carbocycles. The summed E-state index contributed by atoms with van der Waals surface area (Å²) in [6.45, 7) is 7.66. The van der Waals surface area contributed by atoms with E-state index in [1.807, 2.05) is 45.0 Å². The molecule has 124 valence electrons. The standard InChI is InChI=1S/C16H24N2O3.ClH/c1-11-5-4-6-14(9-11)21-10-12(2)18-16(19)15-13(3)20-8-7-17-15;/h4-6,9,12-13,15,17H,7-8,10H2,1-3H3,(H,18,19);1H/t12?,13-,15+;/m1./s1. The number of carbonyl (C=O) groups excluding carboxylic acids is 1. The first-order valence-electron chi connectivity index (χ1n) is 7.41.